The number of thiophene rings is 1. The van der Waals surface area contributed by atoms with Crippen LogP contribution < -0.4 is 0 Å². The third-order valence-electron chi connectivity index (χ3n) is 3.43. The standard InChI is InChI=1S/C18H10Cl2N2S2/c19-12-6-3-7-13(20)16(12)24-18-11-5-1-2-8-14(11)21-17(22-18)15-9-4-10-23-15/h1-10H. The van der Waals surface area contributed by atoms with E-state index in [-0.39, 0.29) is 0 Å². The van der Waals surface area contributed by atoms with Gasteiger partial charge in [-0.25, -0.2) is 9.97 Å². The Morgan fingerprint density at radius 3 is 2.38 bits per heavy atom. The maximum Gasteiger partial charge on any atom is 0.171 e. The minimum absolute atomic E-state index is 0.618. The van der Waals surface area contributed by atoms with Crippen molar-refractivity contribution in [1.82, 2.24) is 9.97 Å². The summed E-state index contributed by atoms with van der Waals surface area (Å²) in [4.78, 5) is 11.3. The lowest BCUT2D eigenvalue weighted by Crippen LogP contribution is -1.92. The van der Waals surface area contributed by atoms with E-state index in [1.807, 2.05) is 60.0 Å². The first kappa shape index (κ1) is 15.9. The minimum atomic E-state index is 0.618. The SMILES string of the molecule is Clc1cccc(Cl)c1Sc1nc(-c2cccs2)nc2ccccc12. The smallest absolute Gasteiger partial charge is 0.171 e. The van der Waals surface area contributed by atoms with Gasteiger partial charge in [0.2, 0.25) is 0 Å². The quantitative estimate of drug-likeness (QED) is 0.360. The molecule has 0 aliphatic rings. The molecule has 0 radical (unpaired) electrons. The van der Waals surface area contributed by atoms with Crippen molar-refractivity contribution in [2.45, 2.75) is 9.92 Å². The van der Waals surface area contributed by atoms with Gasteiger partial charge in [0.15, 0.2) is 5.82 Å². The molecule has 2 aromatic carbocycles. The lowest BCUT2D eigenvalue weighted by molar-refractivity contribution is 1.12. The van der Waals surface area contributed by atoms with Crippen LogP contribution in [0.2, 0.25) is 10.0 Å². The molecule has 0 N–H and O–H groups in total. The number of benzene rings is 2. The van der Waals surface area contributed by atoms with Crippen molar-refractivity contribution in [3.05, 3.63) is 70.0 Å². The molecular formula is C18H10Cl2N2S2. The summed E-state index contributed by atoms with van der Waals surface area (Å²) in [5.74, 6) is 0.717. The lowest BCUT2D eigenvalue weighted by Gasteiger charge is -2.10. The molecule has 0 saturated heterocycles. The summed E-state index contributed by atoms with van der Waals surface area (Å²) in [5, 5.41) is 5.09. The molecule has 6 heteroatoms. The monoisotopic (exact) mass is 388 g/mol. The molecule has 0 fully saturated rings. The summed E-state index contributed by atoms with van der Waals surface area (Å²) in [6.07, 6.45) is 0. The number of halogens is 2. The largest absolute Gasteiger partial charge is 0.227 e. The van der Waals surface area contributed by atoms with E-state index in [0.717, 1.165) is 31.5 Å². The molecule has 0 bridgehead atoms. The molecule has 0 aliphatic heterocycles. The Morgan fingerprint density at radius 2 is 1.62 bits per heavy atom. The van der Waals surface area contributed by atoms with E-state index in [2.05, 4.69) is 4.98 Å². The highest BCUT2D eigenvalue weighted by Gasteiger charge is 2.14. The normalized spacial score (nSPS) is 11.1. The summed E-state index contributed by atoms with van der Waals surface area (Å²) in [6, 6.07) is 17.5. The van der Waals surface area contributed by atoms with Crippen molar-refractivity contribution < 1.29 is 0 Å². The first-order chi connectivity index (χ1) is 11.7. The van der Waals surface area contributed by atoms with Crippen LogP contribution in [0.1, 0.15) is 0 Å². The molecule has 2 nitrogen and oxygen atoms in total. The molecule has 0 aliphatic carbocycles. The van der Waals surface area contributed by atoms with Gasteiger partial charge in [-0.3, -0.25) is 0 Å². The minimum Gasteiger partial charge on any atom is -0.227 e. The Kier molecular flexibility index (Phi) is 4.46. The van der Waals surface area contributed by atoms with Crippen molar-refractivity contribution in [2.75, 3.05) is 0 Å². The van der Waals surface area contributed by atoms with Gasteiger partial charge in [0.1, 0.15) is 5.03 Å². The van der Waals surface area contributed by atoms with Crippen LogP contribution in [0.25, 0.3) is 21.6 Å². The molecule has 2 aromatic heterocycles. The topological polar surface area (TPSA) is 25.8 Å². The van der Waals surface area contributed by atoms with Gasteiger partial charge in [-0.05, 0) is 29.6 Å². The molecule has 0 amide bonds. The number of para-hydroxylation sites is 1. The van der Waals surface area contributed by atoms with E-state index in [1.165, 1.54) is 11.8 Å². The fourth-order valence-electron chi connectivity index (χ4n) is 2.32. The Morgan fingerprint density at radius 1 is 0.833 bits per heavy atom. The summed E-state index contributed by atoms with van der Waals surface area (Å²) < 4.78 is 0. The second-order valence-corrected chi connectivity index (χ2v) is 7.76. The van der Waals surface area contributed by atoms with Gasteiger partial charge in [-0.2, -0.15) is 0 Å². The molecule has 4 rings (SSSR count). The van der Waals surface area contributed by atoms with Crippen LogP contribution in [0.3, 0.4) is 0 Å². The van der Waals surface area contributed by atoms with Gasteiger partial charge >= 0.3 is 0 Å². The van der Waals surface area contributed by atoms with Crippen LogP contribution in [-0.2, 0) is 0 Å². The van der Waals surface area contributed by atoms with Crippen molar-refractivity contribution in [1.29, 1.82) is 0 Å². The van der Waals surface area contributed by atoms with E-state index in [4.69, 9.17) is 28.2 Å². The van der Waals surface area contributed by atoms with Gasteiger partial charge in [0.05, 0.1) is 25.3 Å². The second kappa shape index (κ2) is 6.73. The summed E-state index contributed by atoms with van der Waals surface area (Å²) in [7, 11) is 0. The van der Waals surface area contributed by atoms with Crippen molar-refractivity contribution in [3.8, 4) is 10.7 Å². The average Bonchev–Trinajstić information content (AvgIpc) is 3.12. The lowest BCUT2D eigenvalue weighted by atomic mass is 10.2. The van der Waals surface area contributed by atoms with E-state index in [0.29, 0.717) is 10.0 Å². The highest BCUT2D eigenvalue weighted by atomic mass is 35.5. The van der Waals surface area contributed by atoms with Gasteiger partial charge in [-0.15, -0.1) is 11.3 Å². The number of hydrogen-bond donors (Lipinski definition) is 0. The molecule has 0 unspecified atom stereocenters. The zero-order valence-electron chi connectivity index (χ0n) is 12.2. The highest BCUT2D eigenvalue weighted by Crippen LogP contribution is 2.40. The van der Waals surface area contributed by atoms with E-state index in [9.17, 15) is 0 Å². The Hall–Kier alpha value is -1.59. The second-order valence-electron chi connectivity index (χ2n) is 5.00. The number of rotatable bonds is 3. The molecule has 0 spiro atoms. The van der Waals surface area contributed by atoms with Crippen LogP contribution in [-0.4, -0.2) is 9.97 Å². The zero-order chi connectivity index (χ0) is 16.5. The maximum atomic E-state index is 6.32. The van der Waals surface area contributed by atoms with Gasteiger partial charge in [0.25, 0.3) is 0 Å². The van der Waals surface area contributed by atoms with Crippen LogP contribution >= 0.6 is 46.3 Å². The van der Waals surface area contributed by atoms with Crippen LogP contribution in [0.5, 0.6) is 0 Å². The summed E-state index contributed by atoms with van der Waals surface area (Å²) in [5.41, 5.74) is 0.904. The first-order valence-electron chi connectivity index (χ1n) is 7.15. The molecular weight excluding hydrogens is 379 g/mol. The van der Waals surface area contributed by atoms with Gasteiger partial charge < -0.3 is 0 Å². The van der Waals surface area contributed by atoms with Gasteiger partial charge in [-0.1, -0.05) is 65.3 Å². The fourth-order valence-corrected chi connectivity index (χ4v) is 4.54. The Bertz CT molecular complexity index is 997. The number of aromatic nitrogens is 2. The van der Waals surface area contributed by atoms with E-state index < -0.39 is 0 Å². The molecule has 4 aromatic rings. The first-order valence-corrected chi connectivity index (χ1v) is 9.60. The van der Waals surface area contributed by atoms with E-state index >= 15 is 0 Å². The third kappa shape index (κ3) is 3.03. The Balaban J connectivity index is 1.90. The predicted octanol–water partition coefficient (Wildman–Crippen LogP) is 6.82. The molecule has 118 valence electrons. The van der Waals surface area contributed by atoms with Crippen molar-refractivity contribution >= 4 is 57.2 Å². The maximum absolute atomic E-state index is 6.32. The molecule has 2 heterocycles. The average molecular weight is 389 g/mol. The van der Waals surface area contributed by atoms with Crippen LogP contribution in [0, 0.1) is 0 Å². The molecule has 0 saturated carbocycles. The Labute approximate surface area is 157 Å². The summed E-state index contributed by atoms with van der Waals surface area (Å²) in [6.45, 7) is 0. The fraction of sp³-hybridized carbons (Fsp3) is 0. The number of fused-ring (bicyclic) bond motifs is 1. The zero-order valence-corrected chi connectivity index (χ0v) is 15.4. The van der Waals surface area contributed by atoms with Crippen molar-refractivity contribution in [3.63, 3.8) is 0 Å². The third-order valence-corrected chi connectivity index (χ3v) is 6.30. The number of hydrogen-bond acceptors (Lipinski definition) is 4. The predicted molar refractivity (Wildman–Crippen MR) is 103 cm³/mol. The van der Waals surface area contributed by atoms with Crippen LogP contribution in [0.15, 0.2) is 69.9 Å². The summed E-state index contributed by atoms with van der Waals surface area (Å²) >= 11 is 15.7. The van der Waals surface area contributed by atoms with Gasteiger partial charge in [0, 0.05) is 5.39 Å². The van der Waals surface area contributed by atoms with Crippen LogP contribution in [0.4, 0.5) is 0 Å². The van der Waals surface area contributed by atoms with Crippen molar-refractivity contribution in [2.24, 2.45) is 0 Å². The highest BCUT2D eigenvalue weighted by molar-refractivity contribution is 7.99. The van der Waals surface area contributed by atoms with E-state index in [1.54, 1.807) is 11.3 Å². The number of nitrogens with zero attached hydrogens (tertiary/aromatic N) is 2. The molecule has 24 heavy (non-hydrogen) atoms. The molecule has 0 atom stereocenters.